The fraction of sp³-hybridized carbons (Fsp3) is 0.500. The van der Waals surface area contributed by atoms with Gasteiger partial charge in [-0.05, 0) is 18.2 Å². The molecule has 0 aromatic carbocycles. The summed E-state index contributed by atoms with van der Waals surface area (Å²) in [5, 5.41) is 4.27. The van der Waals surface area contributed by atoms with E-state index in [2.05, 4.69) is 29.7 Å². The summed E-state index contributed by atoms with van der Waals surface area (Å²) in [7, 11) is -1.000. The summed E-state index contributed by atoms with van der Waals surface area (Å²) in [5.41, 5.74) is 1.95. The number of rotatable bonds is 5. The Balaban J connectivity index is 1.91. The average molecular weight is 249 g/mol. The van der Waals surface area contributed by atoms with Crippen molar-refractivity contribution in [3.8, 4) is 0 Å². The summed E-state index contributed by atoms with van der Waals surface area (Å²) < 4.78 is 7.52. The molecule has 0 saturated heterocycles. The van der Waals surface area contributed by atoms with E-state index in [1.807, 2.05) is 16.8 Å². The number of hydrogen-bond acceptors (Lipinski definition) is 3. The van der Waals surface area contributed by atoms with Gasteiger partial charge in [0.1, 0.15) is 12.2 Å². The molecule has 2 rings (SSSR count). The average Bonchev–Trinajstić information content (AvgIpc) is 2.67. The van der Waals surface area contributed by atoms with E-state index in [9.17, 15) is 0 Å². The normalized spacial score (nSPS) is 12.2. The van der Waals surface area contributed by atoms with Crippen molar-refractivity contribution in [1.29, 1.82) is 0 Å². The lowest BCUT2D eigenvalue weighted by molar-refractivity contribution is 0.0817. The van der Waals surface area contributed by atoms with Crippen LogP contribution in [0.4, 0.5) is 0 Å². The Hall–Kier alpha value is -1.20. The van der Waals surface area contributed by atoms with Crippen LogP contribution in [-0.2, 0) is 11.5 Å². The second-order valence-corrected chi connectivity index (χ2v) is 11.0. The Labute approximate surface area is 103 Å². The number of fused-ring (bicyclic) bond motifs is 1. The summed E-state index contributed by atoms with van der Waals surface area (Å²) >= 11 is 0. The minimum Gasteiger partial charge on any atom is -0.360 e. The van der Waals surface area contributed by atoms with Crippen molar-refractivity contribution in [2.75, 3.05) is 6.61 Å². The maximum absolute atomic E-state index is 5.67. The highest BCUT2D eigenvalue weighted by atomic mass is 28.3. The topological polar surface area (TPSA) is 39.9 Å². The van der Waals surface area contributed by atoms with Crippen molar-refractivity contribution < 1.29 is 4.74 Å². The van der Waals surface area contributed by atoms with E-state index in [4.69, 9.17) is 4.74 Å². The van der Waals surface area contributed by atoms with Gasteiger partial charge in [0.25, 0.3) is 0 Å². The first-order chi connectivity index (χ1) is 8.06. The van der Waals surface area contributed by atoms with Crippen LogP contribution in [0.15, 0.2) is 24.5 Å². The molecular formula is C12H19N3OSi. The Morgan fingerprint density at radius 1 is 1.35 bits per heavy atom. The summed E-state index contributed by atoms with van der Waals surface area (Å²) in [4.78, 5) is 4.24. The van der Waals surface area contributed by atoms with Crippen LogP contribution in [0, 0.1) is 0 Å². The summed E-state index contributed by atoms with van der Waals surface area (Å²) in [5.74, 6) is 0. The molecule has 92 valence electrons. The van der Waals surface area contributed by atoms with Crippen molar-refractivity contribution in [2.24, 2.45) is 0 Å². The van der Waals surface area contributed by atoms with Gasteiger partial charge in [0, 0.05) is 20.9 Å². The highest BCUT2D eigenvalue weighted by Crippen LogP contribution is 2.11. The fourth-order valence-corrected chi connectivity index (χ4v) is 2.30. The molecule has 0 aliphatic rings. The van der Waals surface area contributed by atoms with Gasteiger partial charge in [-0.3, -0.25) is 4.98 Å². The first kappa shape index (κ1) is 12.3. The molecule has 0 N–H and O–H groups in total. The fourth-order valence-electron chi connectivity index (χ4n) is 1.55. The highest BCUT2D eigenvalue weighted by molar-refractivity contribution is 6.76. The Morgan fingerprint density at radius 3 is 2.94 bits per heavy atom. The number of hydrogen-bond donors (Lipinski definition) is 0. The Kier molecular flexibility index (Phi) is 3.59. The highest BCUT2D eigenvalue weighted by Gasteiger charge is 2.12. The molecule has 0 atom stereocenters. The van der Waals surface area contributed by atoms with E-state index < -0.39 is 8.07 Å². The predicted octanol–water partition coefficient (Wildman–Crippen LogP) is 2.74. The second kappa shape index (κ2) is 4.97. The van der Waals surface area contributed by atoms with E-state index in [-0.39, 0.29) is 0 Å². The van der Waals surface area contributed by atoms with Gasteiger partial charge in [-0.1, -0.05) is 19.6 Å². The molecule has 0 bridgehead atoms. The van der Waals surface area contributed by atoms with E-state index >= 15 is 0 Å². The molecule has 17 heavy (non-hydrogen) atoms. The van der Waals surface area contributed by atoms with Crippen LogP contribution < -0.4 is 0 Å². The third-order valence-electron chi connectivity index (χ3n) is 2.62. The van der Waals surface area contributed by atoms with Gasteiger partial charge in [0.05, 0.1) is 11.7 Å². The van der Waals surface area contributed by atoms with Gasteiger partial charge in [-0.2, -0.15) is 5.10 Å². The number of pyridine rings is 1. The standard InChI is InChI=1S/C12H19N3OSi/c1-17(2,3)8-7-16-10-15-12-5-4-6-13-11(12)9-14-15/h4-6,9H,7-8,10H2,1-3H3. The lowest BCUT2D eigenvalue weighted by Gasteiger charge is -2.15. The molecule has 0 aliphatic carbocycles. The minimum atomic E-state index is -1.000. The van der Waals surface area contributed by atoms with Gasteiger partial charge in [-0.15, -0.1) is 0 Å². The first-order valence-corrected chi connectivity index (χ1v) is 9.61. The molecule has 2 aromatic heterocycles. The molecule has 5 heteroatoms. The van der Waals surface area contributed by atoms with Crippen LogP contribution in [0.25, 0.3) is 11.0 Å². The van der Waals surface area contributed by atoms with Crippen LogP contribution >= 0.6 is 0 Å². The number of nitrogens with zero attached hydrogens (tertiary/aromatic N) is 3. The smallest absolute Gasteiger partial charge is 0.140 e. The zero-order chi connectivity index (χ0) is 12.3. The molecule has 0 unspecified atom stereocenters. The molecular weight excluding hydrogens is 230 g/mol. The summed E-state index contributed by atoms with van der Waals surface area (Å²) in [6, 6.07) is 5.12. The van der Waals surface area contributed by atoms with Crippen LogP contribution in [0.3, 0.4) is 0 Å². The minimum absolute atomic E-state index is 0.514. The summed E-state index contributed by atoms with van der Waals surface area (Å²) in [6.45, 7) is 8.38. The molecule has 0 aliphatic heterocycles. The Bertz CT molecular complexity index is 490. The summed E-state index contributed by atoms with van der Waals surface area (Å²) in [6.07, 6.45) is 3.55. The third kappa shape index (κ3) is 3.37. The number of aromatic nitrogens is 3. The van der Waals surface area contributed by atoms with Gasteiger partial charge in [0.2, 0.25) is 0 Å². The predicted molar refractivity (Wildman–Crippen MR) is 71.6 cm³/mol. The molecule has 0 fully saturated rings. The third-order valence-corrected chi connectivity index (χ3v) is 4.33. The van der Waals surface area contributed by atoms with E-state index in [1.165, 1.54) is 6.04 Å². The number of ether oxygens (including phenoxy) is 1. The van der Waals surface area contributed by atoms with E-state index in [0.717, 1.165) is 17.6 Å². The zero-order valence-electron chi connectivity index (χ0n) is 10.7. The molecule has 0 saturated carbocycles. The molecule has 0 spiro atoms. The van der Waals surface area contributed by atoms with Gasteiger partial charge < -0.3 is 4.74 Å². The van der Waals surface area contributed by atoms with Crippen molar-refractivity contribution in [1.82, 2.24) is 14.8 Å². The second-order valence-electron chi connectivity index (χ2n) is 5.40. The monoisotopic (exact) mass is 249 g/mol. The zero-order valence-corrected chi connectivity index (χ0v) is 11.7. The SMILES string of the molecule is C[Si](C)(C)CCOCn1ncc2ncccc21. The largest absolute Gasteiger partial charge is 0.360 e. The van der Waals surface area contributed by atoms with Gasteiger partial charge in [-0.25, -0.2) is 4.68 Å². The van der Waals surface area contributed by atoms with Crippen LogP contribution in [-0.4, -0.2) is 29.4 Å². The van der Waals surface area contributed by atoms with Crippen molar-refractivity contribution in [3.05, 3.63) is 24.5 Å². The quantitative estimate of drug-likeness (QED) is 0.604. The van der Waals surface area contributed by atoms with Crippen LogP contribution in [0.2, 0.25) is 25.7 Å². The van der Waals surface area contributed by atoms with Gasteiger partial charge >= 0.3 is 0 Å². The van der Waals surface area contributed by atoms with E-state index in [1.54, 1.807) is 12.4 Å². The van der Waals surface area contributed by atoms with Gasteiger partial charge in [0.15, 0.2) is 0 Å². The van der Waals surface area contributed by atoms with Crippen molar-refractivity contribution in [2.45, 2.75) is 32.4 Å². The van der Waals surface area contributed by atoms with Crippen LogP contribution in [0.1, 0.15) is 0 Å². The lowest BCUT2D eigenvalue weighted by atomic mass is 10.4. The van der Waals surface area contributed by atoms with Crippen molar-refractivity contribution >= 4 is 19.1 Å². The molecule has 2 aromatic rings. The maximum atomic E-state index is 5.67. The van der Waals surface area contributed by atoms with E-state index in [0.29, 0.717) is 6.73 Å². The molecule has 0 amide bonds. The Morgan fingerprint density at radius 2 is 2.18 bits per heavy atom. The first-order valence-electron chi connectivity index (χ1n) is 5.90. The lowest BCUT2D eigenvalue weighted by Crippen LogP contribution is -2.22. The van der Waals surface area contributed by atoms with Crippen LogP contribution in [0.5, 0.6) is 0 Å². The molecule has 2 heterocycles. The molecule has 0 radical (unpaired) electrons. The molecule has 4 nitrogen and oxygen atoms in total. The van der Waals surface area contributed by atoms with Crippen molar-refractivity contribution in [3.63, 3.8) is 0 Å². The maximum Gasteiger partial charge on any atom is 0.140 e.